The molecule has 39 heavy (non-hydrogen) atoms. The van der Waals surface area contributed by atoms with E-state index in [2.05, 4.69) is 20.2 Å². The van der Waals surface area contributed by atoms with Crippen LogP contribution in [0.15, 0.2) is 30.5 Å². The third-order valence-corrected chi connectivity index (χ3v) is 8.68. The number of piperidine rings is 1. The van der Waals surface area contributed by atoms with Crippen molar-refractivity contribution in [3.63, 3.8) is 0 Å². The maximum absolute atomic E-state index is 13.3. The van der Waals surface area contributed by atoms with Gasteiger partial charge in [-0.05, 0) is 62.5 Å². The zero-order chi connectivity index (χ0) is 27.2. The van der Waals surface area contributed by atoms with Crippen LogP contribution in [0, 0.1) is 11.3 Å². The maximum Gasteiger partial charge on any atom is 0.395 e. The number of Topliss-reactive ketones (excluding diaryl/α,β-unsaturated/α-hetero) is 1. The Balaban J connectivity index is 1.11. The standard InChI is InChI=1S/C28H32F4N6O/c29-7-10-36-11-12-38-25(17-36)23(16-33-38)20-1-2-24-21(13-20)14-22(34-35-24)15-26(39)19-3-8-37(9-4-19)18-27(5-6-27)28(30,31)32/h1-2,13-14,16,19H,3-12,15,17-18H2. The van der Waals surface area contributed by atoms with E-state index in [4.69, 9.17) is 0 Å². The summed E-state index contributed by atoms with van der Waals surface area (Å²) >= 11 is 0. The topological polar surface area (TPSA) is 67.2 Å². The van der Waals surface area contributed by atoms with Crippen molar-refractivity contribution in [2.75, 3.05) is 39.4 Å². The van der Waals surface area contributed by atoms with E-state index in [1.165, 1.54) is 0 Å². The lowest BCUT2D eigenvalue weighted by molar-refractivity contribution is -0.192. The molecule has 0 spiro atoms. The lowest BCUT2D eigenvalue weighted by Crippen LogP contribution is -2.43. The van der Waals surface area contributed by atoms with Crippen LogP contribution in [0.1, 0.15) is 37.1 Å². The number of alkyl halides is 4. The number of hydrogen-bond donors (Lipinski definition) is 0. The van der Waals surface area contributed by atoms with Gasteiger partial charge in [0.1, 0.15) is 12.5 Å². The zero-order valence-corrected chi connectivity index (χ0v) is 21.8. The molecular formula is C28H32F4N6O. The van der Waals surface area contributed by atoms with Crippen LogP contribution in [0.5, 0.6) is 0 Å². The number of halogens is 4. The highest BCUT2D eigenvalue weighted by molar-refractivity contribution is 5.87. The minimum absolute atomic E-state index is 0.0460. The molecule has 3 aromatic rings. The molecule has 7 nitrogen and oxygen atoms in total. The third kappa shape index (κ3) is 5.30. The van der Waals surface area contributed by atoms with Crippen LogP contribution in [0.2, 0.25) is 0 Å². The van der Waals surface area contributed by atoms with Crippen LogP contribution >= 0.6 is 0 Å². The largest absolute Gasteiger partial charge is 0.395 e. The molecule has 1 aromatic carbocycles. The smallest absolute Gasteiger partial charge is 0.302 e. The van der Waals surface area contributed by atoms with Gasteiger partial charge in [0.2, 0.25) is 0 Å². The van der Waals surface area contributed by atoms with Gasteiger partial charge >= 0.3 is 6.18 Å². The van der Waals surface area contributed by atoms with E-state index in [0.717, 1.165) is 40.8 Å². The van der Waals surface area contributed by atoms with Gasteiger partial charge in [-0.2, -0.15) is 28.5 Å². The summed E-state index contributed by atoms with van der Waals surface area (Å²) < 4.78 is 54.8. The van der Waals surface area contributed by atoms with Crippen molar-refractivity contribution < 1.29 is 22.4 Å². The molecule has 4 heterocycles. The van der Waals surface area contributed by atoms with Gasteiger partial charge in [0.05, 0.1) is 41.5 Å². The molecule has 0 bridgehead atoms. The predicted octanol–water partition coefficient (Wildman–Crippen LogP) is 4.44. The first-order chi connectivity index (χ1) is 18.7. The fourth-order valence-electron chi connectivity index (χ4n) is 6.04. The lowest BCUT2D eigenvalue weighted by Gasteiger charge is -2.34. The van der Waals surface area contributed by atoms with Crippen molar-refractivity contribution in [1.29, 1.82) is 0 Å². The molecule has 0 atom stereocenters. The Labute approximate surface area is 224 Å². The Morgan fingerprint density at radius 2 is 1.82 bits per heavy atom. The number of likely N-dealkylation sites (tertiary alicyclic amines) is 1. The average molecular weight is 545 g/mol. The van der Waals surface area contributed by atoms with Gasteiger partial charge in [0.15, 0.2) is 0 Å². The molecular weight excluding hydrogens is 512 g/mol. The normalized spacial score (nSPS) is 20.3. The van der Waals surface area contributed by atoms with E-state index in [0.29, 0.717) is 44.7 Å². The molecule has 0 N–H and O–H groups in total. The summed E-state index contributed by atoms with van der Waals surface area (Å²) in [5.74, 6) is -0.104. The first-order valence-corrected chi connectivity index (χ1v) is 13.7. The average Bonchev–Trinajstić information content (AvgIpc) is 3.60. The number of carbonyl (C=O) groups excluding carboxylic acids is 1. The molecule has 2 aliphatic heterocycles. The van der Waals surface area contributed by atoms with E-state index in [1.54, 1.807) is 0 Å². The number of hydrogen-bond acceptors (Lipinski definition) is 6. The Hall–Kier alpha value is -2.92. The zero-order valence-electron chi connectivity index (χ0n) is 21.8. The number of ketones is 1. The SMILES string of the molecule is O=C(Cc1cc2cc(-c3cnn4c3CN(CCF)CC4)ccc2nn1)C1CCN(CC2(C(F)(F)F)CC2)CC1. The molecule has 6 rings (SSSR count). The summed E-state index contributed by atoms with van der Waals surface area (Å²) in [4.78, 5) is 17.0. The molecule has 0 amide bonds. The quantitative estimate of drug-likeness (QED) is 0.391. The molecule has 11 heteroatoms. The highest BCUT2D eigenvalue weighted by Crippen LogP contribution is 2.58. The Morgan fingerprint density at radius 3 is 2.54 bits per heavy atom. The van der Waals surface area contributed by atoms with Gasteiger partial charge in [-0.25, -0.2) is 4.39 Å². The van der Waals surface area contributed by atoms with Crippen molar-refractivity contribution in [3.8, 4) is 11.1 Å². The monoisotopic (exact) mass is 544 g/mol. The Kier molecular flexibility index (Phi) is 6.91. The van der Waals surface area contributed by atoms with E-state index in [-0.39, 0.29) is 44.2 Å². The van der Waals surface area contributed by atoms with Crippen LogP contribution in [-0.4, -0.2) is 81.1 Å². The number of nitrogens with zero attached hydrogens (tertiary/aromatic N) is 6. The molecule has 0 radical (unpaired) electrons. The summed E-state index contributed by atoms with van der Waals surface area (Å²) in [6.45, 7) is 3.24. The second-order valence-corrected chi connectivity index (χ2v) is 11.3. The number of rotatable bonds is 8. The molecule has 3 aliphatic rings. The first kappa shape index (κ1) is 26.3. The molecule has 2 aromatic heterocycles. The number of carbonyl (C=O) groups is 1. The van der Waals surface area contributed by atoms with Gasteiger partial charge < -0.3 is 4.90 Å². The first-order valence-electron chi connectivity index (χ1n) is 13.7. The van der Waals surface area contributed by atoms with E-state index in [1.807, 2.05) is 40.0 Å². The van der Waals surface area contributed by atoms with Gasteiger partial charge in [-0.15, -0.1) is 0 Å². The van der Waals surface area contributed by atoms with Crippen molar-refractivity contribution in [2.24, 2.45) is 11.3 Å². The molecule has 0 unspecified atom stereocenters. The molecule has 208 valence electrons. The summed E-state index contributed by atoms with van der Waals surface area (Å²) in [6, 6.07) is 7.80. The highest BCUT2D eigenvalue weighted by atomic mass is 19.4. The van der Waals surface area contributed by atoms with Crippen molar-refractivity contribution >= 4 is 16.7 Å². The van der Waals surface area contributed by atoms with Crippen LogP contribution in [0.4, 0.5) is 17.6 Å². The molecule has 1 saturated heterocycles. The Bertz CT molecular complexity index is 1360. The fourth-order valence-corrected chi connectivity index (χ4v) is 6.04. The minimum atomic E-state index is -4.15. The van der Waals surface area contributed by atoms with Crippen molar-refractivity contribution in [2.45, 2.75) is 51.4 Å². The second kappa shape index (κ2) is 10.2. The molecule has 2 fully saturated rings. The van der Waals surface area contributed by atoms with E-state index >= 15 is 0 Å². The van der Waals surface area contributed by atoms with E-state index in [9.17, 15) is 22.4 Å². The third-order valence-electron chi connectivity index (χ3n) is 8.68. The Morgan fingerprint density at radius 1 is 1.03 bits per heavy atom. The van der Waals surface area contributed by atoms with Crippen LogP contribution in [0.3, 0.4) is 0 Å². The lowest BCUT2D eigenvalue weighted by atomic mass is 9.89. The van der Waals surface area contributed by atoms with Crippen LogP contribution in [0.25, 0.3) is 22.0 Å². The summed E-state index contributed by atoms with van der Waals surface area (Å²) in [6.07, 6.45) is -0.583. The maximum atomic E-state index is 13.3. The number of benzene rings is 1. The van der Waals surface area contributed by atoms with Gasteiger partial charge in [0, 0.05) is 43.0 Å². The predicted molar refractivity (Wildman–Crippen MR) is 138 cm³/mol. The summed E-state index contributed by atoms with van der Waals surface area (Å²) in [7, 11) is 0. The van der Waals surface area contributed by atoms with Crippen molar-refractivity contribution in [1.82, 2.24) is 29.8 Å². The van der Waals surface area contributed by atoms with Crippen molar-refractivity contribution in [3.05, 3.63) is 41.9 Å². The van der Waals surface area contributed by atoms with Gasteiger partial charge in [0.25, 0.3) is 0 Å². The fraction of sp³-hybridized carbons (Fsp3) is 0.571. The number of aromatic nitrogens is 4. The summed E-state index contributed by atoms with van der Waals surface area (Å²) in [5, 5.41) is 14.0. The van der Waals surface area contributed by atoms with Gasteiger partial charge in [-0.1, -0.05) is 6.07 Å². The summed E-state index contributed by atoms with van der Waals surface area (Å²) in [5.41, 5.74) is 2.82. The van der Waals surface area contributed by atoms with Gasteiger partial charge in [-0.3, -0.25) is 14.4 Å². The molecule has 1 aliphatic carbocycles. The minimum Gasteiger partial charge on any atom is -0.302 e. The highest BCUT2D eigenvalue weighted by Gasteiger charge is 2.63. The number of fused-ring (bicyclic) bond motifs is 2. The molecule has 1 saturated carbocycles. The van der Waals surface area contributed by atoms with Crippen LogP contribution in [-0.2, 0) is 24.3 Å². The van der Waals surface area contributed by atoms with E-state index < -0.39 is 11.6 Å². The second-order valence-electron chi connectivity index (χ2n) is 11.3. The van der Waals surface area contributed by atoms with Crippen LogP contribution < -0.4 is 0 Å².